The van der Waals surface area contributed by atoms with E-state index in [1.54, 1.807) is 0 Å². The van der Waals surface area contributed by atoms with Gasteiger partial charge in [0.1, 0.15) is 12.2 Å². The Morgan fingerprint density at radius 2 is 1.00 bits per heavy atom. The number of rotatable bonds is 2. The first-order valence-corrected chi connectivity index (χ1v) is 7.92. The minimum absolute atomic E-state index is 0.135. The monoisotopic (exact) mass is 278 g/mol. The second-order valence-electron chi connectivity index (χ2n) is 7.11. The Kier molecular flexibility index (Phi) is 2.67. The molecule has 0 bridgehead atoms. The van der Waals surface area contributed by atoms with E-state index < -0.39 is 0 Å². The smallest absolute Gasteiger partial charge is 0.302 e. The normalized spacial score (nSPS) is 51.1. The molecule has 4 nitrogen and oxygen atoms in total. The molecular weight excluding hydrogens is 256 g/mol. The maximum atomic E-state index is 11.4. The van der Waals surface area contributed by atoms with Crippen molar-refractivity contribution in [3.63, 3.8) is 0 Å². The summed E-state index contributed by atoms with van der Waals surface area (Å²) in [6, 6.07) is 0. The molecule has 4 unspecified atom stereocenters. The molecule has 0 aromatic heterocycles. The fraction of sp³-hybridized carbons (Fsp3) is 0.875. The van der Waals surface area contributed by atoms with Gasteiger partial charge in [-0.2, -0.15) is 0 Å². The Morgan fingerprint density at radius 3 is 1.25 bits per heavy atom. The minimum Gasteiger partial charge on any atom is -0.462 e. The van der Waals surface area contributed by atoms with Crippen molar-refractivity contribution in [2.45, 2.75) is 51.7 Å². The van der Waals surface area contributed by atoms with Crippen LogP contribution in [0.2, 0.25) is 0 Å². The Bertz CT molecular complexity index is 393. The summed E-state index contributed by atoms with van der Waals surface area (Å²) in [6.45, 7) is 3.04. The Labute approximate surface area is 119 Å². The number of esters is 2. The lowest BCUT2D eigenvalue weighted by atomic mass is 9.90. The number of ether oxygens (including phenoxy) is 2. The average Bonchev–Trinajstić information content (AvgIpc) is 3.03. The fourth-order valence-electron chi connectivity index (χ4n) is 6.22. The summed E-state index contributed by atoms with van der Waals surface area (Å²) < 4.78 is 11.4. The second-order valence-corrected chi connectivity index (χ2v) is 7.11. The van der Waals surface area contributed by atoms with Crippen LogP contribution in [0, 0.1) is 35.5 Å². The van der Waals surface area contributed by atoms with E-state index in [9.17, 15) is 9.59 Å². The molecule has 4 aliphatic rings. The lowest BCUT2D eigenvalue weighted by Gasteiger charge is -2.24. The minimum atomic E-state index is -0.140. The fourth-order valence-corrected chi connectivity index (χ4v) is 6.22. The van der Waals surface area contributed by atoms with Gasteiger partial charge in [0, 0.05) is 13.8 Å². The Hall–Kier alpha value is -1.06. The van der Waals surface area contributed by atoms with Crippen LogP contribution in [0.5, 0.6) is 0 Å². The molecule has 4 heteroatoms. The van der Waals surface area contributed by atoms with Crippen LogP contribution in [0.1, 0.15) is 39.5 Å². The van der Waals surface area contributed by atoms with E-state index in [4.69, 9.17) is 9.47 Å². The van der Waals surface area contributed by atoms with Crippen LogP contribution >= 0.6 is 0 Å². The lowest BCUT2D eigenvalue weighted by Crippen LogP contribution is -2.30. The van der Waals surface area contributed by atoms with Crippen molar-refractivity contribution in [1.82, 2.24) is 0 Å². The van der Waals surface area contributed by atoms with E-state index in [0.29, 0.717) is 35.5 Å². The number of carbonyl (C=O) groups excluding carboxylic acids is 2. The van der Waals surface area contributed by atoms with Crippen molar-refractivity contribution in [1.29, 1.82) is 0 Å². The third-order valence-corrected chi connectivity index (χ3v) is 6.38. The van der Waals surface area contributed by atoms with Crippen molar-refractivity contribution in [2.75, 3.05) is 0 Å². The van der Waals surface area contributed by atoms with Crippen molar-refractivity contribution in [3.05, 3.63) is 0 Å². The zero-order valence-corrected chi connectivity index (χ0v) is 12.1. The molecular formula is C16H22O4. The molecule has 0 aromatic carbocycles. The van der Waals surface area contributed by atoms with Crippen LogP contribution in [0.4, 0.5) is 0 Å². The quantitative estimate of drug-likeness (QED) is 0.726. The zero-order valence-electron chi connectivity index (χ0n) is 12.1. The Morgan fingerprint density at radius 1 is 0.700 bits per heavy atom. The summed E-state index contributed by atoms with van der Waals surface area (Å²) in [7, 11) is 0. The van der Waals surface area contributed by atoms with Gasteiger partial charge in [-0.3, -0.25) is 9.59 Å². The summed E-state index contributed by atoms with van der Waals surface area (Å²) >= 11 is 0. The highest BCUT2D eigenvalue weighted by Crippen LogP contribution is 2.68. The summed E-state index contributed by atoms with van der Waals surface area (Å²) in [5.41, 5.74) is 0. The molecule has 110 valence electrons. The van der Waals surface area contributed by atoms with E-state index in [1.165, 1.54) is 13.8 Å². The third-order valence-electron chi connectivity index (χ3n) is 6.38. The molecule has 4 aliphatic carbocycles. The van der Waals surface area contributed by atoms with Crippen LogP contribution in [0.25, 0.3) is 0 Å². The molecule has 8 atom stereocenters. The molecule has 20 heavy (non-hydrogen) atoms. The summed E-state index contributed by atoms with van der Waals surface area (Å²) in [5, 5.41) is 0. The number of hydrogen-bond acceptors (Lipinski definition) is 4. The molecule has 0 aromatic rings. The predicted octanol–water partition coefficient (Wildman–Crippen LogP) is 2.16. The van der Waals surface area contributed by atoms with Gasteiger partial charge in [-0.05, 0) is 61.2 Å². The van der Waals surface area contributed by atoms with E-state index in [-0.39, 0.29) is 24.1 Å². The standard InChI is InChI=1S/C16H22O4/c1-7(17)19-15-9-3-5-11-13(9)14-10(15)4-6-12(14)16(11)20-8(2)18/h9-16H,3-6H2,1-2H3/t9-,10+,11+,12-,13?,14?,15?,16?. The van der Waals surface area contributed by atoms with Crippen LogP contribution in [-0.2, 0) is 19.1 Å². The second kappa shape index (κ2) is 4.22. The molecule has 0 N–H and O–H groups in total. The van der Waals surface area contributed by atoms with Gasteiger partial charge in [-0.1, -0.05) is 0 Å². The molecule has 0 spiro atoms. The first kappa shape index (κ1) is 12.7. The van der Waals surface area contributed by atoms with Gasteiger partial charge in [0.2, 0.25) is 0 Å². The van der Waals surface area contributed by atoms with Crippen LogP contribution < -0.4 is 0 Å². The Balaban J connectivity index is 1.63. The van der Waals surface area contributed by atoms with E-state index in [1.807, 2.05) is 0 Å². The molecule has 0 radical (unpaired) electrons. The molecule has 0 amide bonds. The zero-order chi connectivity index (χ0) is 14.0. The first-order valence-electron chi connectivity index (χ1n) is 7.92. The van der Waals surface area contributed by atoms with Gasteiger partial charge in [-0.25, -0.2) is 0 Å². The molecule has 0 heterocycles. The maximum Gasteiger partial charge on any atom is 0.302 e. The van der Waals surface area contributed by atoms with Gasteiger partial charge in [0.15, 0.2) is 0 Å². The number of hydrogen-bond donors (Lipinski definition) is 0. The highest BCUT2D eigenvalue weighted by Gasteiger charge is 2.68. The van der Waals surface area contributed by atoms with E-state index in [0.717, 1.165) is 25.7 Å². The van der Waals surface area contributed by atoms with Crippen LogP contribution in [0.3, 0.4) is 0 Å². The average molecular weight is 278 g/mol. The predicted molar refractivity (Wildman–Crippen MR) is 70.5 cm³/mol. The third kappa shape index (κ3) is 1.54. The first-order chi connectivity index (χ1) is 9.58. The number of carbonyl (C=O) groups is 2. The molecule has 4 rings (SSSR count). The summed E-state index contributed by atoms with van der Waals surface area (Å²) in [5.74, 6) is 3.04. The molecule has 4 saturated carbocycles. The van der Waals surface area contributed by atoms with Crippen LogP contribution in [0.15, 0.2) is 0 Å². The lowest BCUT2D eigenvalue weighted by molar-refractivity contribution is -0.151. The SMILES string of the molecule is CC(=O)OC1[C@H]2CC[C@H]3C(OC(C)=O)[C@H]4CC[C@@H]1C4C23. The van der Waals surface area contributed by atoms with Crippen molar-refractivity contribution in [2.24, 2.45) is 35.5 Å². The van der Waals surface area contributed by atoms with Gasteiger partial charge >= 0.3 is 11.9 Å². The van der Waals surface area contributed by atoms with Gasteiger partial charge in [-0.15, -0.1) is 0 Å². The highest BCUT2D eigenvalue weighted by molar-refractivity contribution is 5.66. The van der Waals surface area contributed by atoms with Crippen molar-refractivity contribution in [3.8, 4) is 0 Å². The van der Waals surface area contributed by atoms with Crippen molar-refractivity contribution < 1.29 is 19.1 Å². The van der Waals surface area contributed by atoms with E-state index in [2.05, 4.69) is 0 Å². The maximum absolute atomic E-state index is 11.4. The van der Waals surface area contributed by atoms with Gasteiger partial charge in [0.25, 0.3) is 0 Å². The van der Waals surface area contributed by atoms with Crippen molar-refractivity contribution >= 4 is 11.9 Å². The van der Waals surface area contributed by atoms with Gasteiger partial charge in [0.05, 0.1) is 0 Å². The van der Waals surface area contributed by atoms with Crippen LogP contribution in [-0.4, -0.2) is 24.1 Å². The largest absolute Gasteiger partial charge is 0.462 e. The van der Waals surface area contributed by atoms with E-state index >= 15 is 0 Å². The molecule has 0 aliphatic heterocycles. The molecule has 4 fully saturated rings. The topological polar surface area (TPSA) is 52.6 Å². The summed E-state index contributed by atoms with van der Waals surface area (Å²) in [4.78, 5) is 22.8. The highest BCUT2D eigenvalue weighted by atomic mass is 16.5. The van der Waals surface area contributed by atoms with Gasteiger partial charge < -0.3 is 9.47 Å². The summed E-state index contributed by atoms with van der Waals surface area (Å²) in [6.07, 6.45) is 4.79. The molecule has 0 saturated heterocycles.